The van der Waals surface area contributed by atoms with E-state index in [1.165, 1.54) is 6.07 Å². The van der Waals surface area contributed by atoms with Crippen molar-refractivity contribution in [1.82, 2.24) is 0 Å². The Labute approximate surface area is 108 Å². The molecule has 1 aromatic carbocycles. The van der Waals surface area contributed by atoms with E-state index in [4.69, 9.17) is 10.2 Å². The van der Waals surface area contributed by atoms with Gasteiger partial charge in [0.05, 0.1) is 4.92 Å². The Balaban J connectivity index is 2.93. The van der Waals surface area contributed by atoms with Crippen LogP contribution in [-0.2, 0) is 16.0 Å². The summed E-state index contributed by atoms with van der Waals surface area (Å²) >= 11 is 0. The van der Waals surface area contributed by atoms with Crippen molar-refractivity contribution in [3.8, 4) is 0 Å². The van der Waals surface area contributed by atoms with E-state index in [2.05, 4.69) is 0 Å². The molecule has 1 rings (SSSR count). The molecular formula is C12H13NO6. The van der Waals surface area contributed by atoms with Gasteiger partial charge in [0.25, 0.3) is 5.69 Å². The van der Waals surface area contributed by atoms with E-state index in [9.17, 15) is 19.7 Å². The van der Waals surface area contributed by atoms with E-state index in [-0.39, 0.29) is 18.5 Å². The average Bonchev–Trinajstić information content (AvgIpc) is 2.27. The van der Waals surface area contributed by atoms with Crippen LogP contribution in [0.2, 0.25) is 0 Å². The van der Waals surface area contributed by atoms with E-state index in [0.29, 0.717) is 5.56 Å². The van der Waals surface area contributed by atoms with E-state index in [1.54, 1.807) is 19.1 Å². The Bertz CT molecular complexity index is 511. The highest BCUT2D eigenvalue weighted by Gasteiger charge is 2.26. The first-order valence-electron chi connectivity index (χ1n) is 5.52. The number of benzene rings is 1. The van der Waals surface area contributed by atoms with Crippen molar-refractivity contribution in [2.45, 2.75) is 19.8 Å². The maximum atomic E-state index is 10.8. The van der Waals surface area contributed by atoms with E-state index < -0.39 is 22.8 Å². The molecule has 0 aliphatic carbocycles. The summed E-state index contributed by atoms with van der Waals surface area (Å²) in [7, 11) is 0. The number of carboxylic acid groups (broad SMARTS) is 2. The molecule has 0 aliphatic heterocycles. The van der Waals surface area contributed by atoms with Crippen LogP contribution in [0.15, 0.2) is 18.2 Å². The summed E-state index contributed by atoms with van der Waals surface area (Å²) in [6.07, 6.45) is -0.157. The molecule has 0 aliphatic rings. The first-order chi connectivity index (χ1) is 8.82. The number of aryl methyl sites for hydroxylation is 2. The lowest BCUT2D eigenvalue weighted by molar-refractivity contribution is -0.385. The molecule has 0 unspecified atom stereocenters. The molecule has 0 spiro atoms. The van der Waals surface area contributed by atoms with Gasteiger partial charge in [-0.25, -0.2) is 0 Å². The standard InChI is InChI=1S/C12H13NO6/c1-7-2-5-10(13(18)19)8(6-7)3-4-9(11(14)15)12(16)17/h2,5-6,9H,3-4H2,1H3,(H,14,15)(H,16,17). The molecule has 0 saturated carbocycles. The third-order valence-corrected chi connectivity index (χ3v) is 2.73. The minimum absolute atomic E-state index is 0.0290. The van der Waals surface area contributed by atoms with Crippen molar-refractivity contribution in [2.75, 3.05) is 0 Å². The molecule has 0 bridgehead atoms. The fraction of sp³-hybridized carbons (Fsp3) is 0.333. The van der Waals surface area contributed by atoms with Crippen molar-refractivity contribution >= 4 is 17.6 Å². The second-order valence-electron chi connectivity index (χ2n) is 4.16. The number of hydrogen-bond acceptors (Lipinski definition) is 4. The third kappa shape index (κ3) is 3.77. The molecule has 0 saturated heterocycles. The first-order valence-corrected chi connectivity index (χ1v) is 5.52. The zero-order valence-electron chi connectivity index (χ0n) is 10.2. The Morgan fingerprint density at radius 3 is 2.37 bits per heavy atom. The Morgan fingerprint density at radius 2 is 1.89 bits per heavy atom. The number of nitrogens with zero attached hydrogens (tertiary/aromatic N) is 1. The number of nitro groups is 1. The first kappa shape index (κ1) is 14.6. The summed E-state index contributed by atoms with van der Waals surface area (Å²) in [5, 5.41) is 28.3. The number of rotatable bonds is 6. The van der Waals surface area contributed by atoms with Crippen LogP contribution in [0.4, 0.5) is 5.69 Å². The highest BCUT2D eigenvalue weighted by Crippen LogP contribution is 2.22. The van der Waals surface area contributed by atoms with Crippen LogP contribution < -0.4 is 0 Å². The van der Waals surface area contributed by atoms with Crippen LogP contribution in [0.25, 0.3) is 0 Å². The van der Waals surface area contributed by atoms with Gasteiger partial charge in [-0.05, 0) is 25.8 Å². The van der Waals surface area contributed by atoms with Gasteiger partial charge in [0.2, 0.25) is 0 Å². The Hall–Kier alpha value is -2.44. The maximum Gasteiger partial charge on any atom is 0.317 e. The highest BCUT2D eigenvalue weighted by atomic mass is 16.6. The van der Waals surface area contributed by atoms with Gasteiger partial charge in [0.15, 0.2) is 5.92 Å². The van der Waals surface area contributed by atoms with Gasteiger partial charge >= 0.3 is 11.9 Å². The molecule has 1 aromatic rings. The van der Waals surface area contributed by atoms with Gasteiger partial charge in [-0.2, -0.15) is 0 Å². The van der Waals surface area contributed by atoms with Crippen LogP contribution in [0, 0.1) is 23.0 Å². The fourth-order valence-electron chi connectivity index (χ4n) is 1.75. The Kier molecular flexibility index (Phi) is 4.57. The van der Waals surface area contributed by atoms with Gasteiger partial charge in [-0.15, -0.1) is 0 Å². The summed E-state index contributed by atoms with van der Waals surface area (Å²) in [5.41, 5.74) is 1.01. The van der Waals surface area contributed by atoms with Gasteiger partial charge in [-0.3, -0.25) is 19.7 Å². The molecule has 7 nitrogen and oxygen atoms in total. The number of carbonyl (C=O) groups is 2. The summed E-state index contributed by atoms with van der Waals surface area (Å²) in [4.78, 5) is 31.7. The highest BCUT2D eigenvalue weighted by molar-refractivity contribution is 5.92. The van der Waals surface area contributed by atoms with Crippen molar-refractivity contribution in [2.24, 2.45) is 5.92 Å². The maximum absolute atomic E-state index is 10.8. The van der Waals surface area contributed by atoms with Crippen LogP contribution in [0.1, 0.15) is 17.5 Å². The summed E-state index contributed by atoms with van der Waals surface area (Å²) in [5.74, 6) is -4.44. The molecule has 2 N–H and O–H groups in total. The minimum atomic E-state index is -1.56. The Morgan fingerprint density at radius 1 is 1.32 bits per heavy atom. The van der Waals surface area contributed by atoms with Crippen molar-refractivity contribution in [1.29, 1.82) is 0 Å². The van der Waals surface area contributed by atoms with Crippen LogP contribution in [0.3, 0.4) is 0 Å². The average molecular weight is 267 g/mol. The van der Waals surface area contributed by atoms with Crippen molar-refractivity contribution in [3.05, 3.63) is 39.4 Å². The molecule has 0 aromatic heterocycles. The largest absolute Gasteiger partial charge is 0.481 e. The third-order valence-electron chi connectivity index (χ3n) is 2.73. The topological polar surface area (TPSA) is 118 Å². The van der Waals surface area contributed by atoms with E-state index in [1.807, 2.05) is 0 Å². The predicted molar refractivity (Wildman–Crippen MR) is 64.9 cm³/mol. The zero-order chi connectivity index (χ0) is 14.6. The lowest BCUT2D eigenvalue weighted by Crippen LogP contribution is -2.24. The molecule has 7 heteroatoms. The molecular weight excluding hydrogens is 254 g/mol. The molecule has 19 heavy (non-hydrogen) atoms. The van der Waals surface area contributed by atoms with Crippen LogP contribution >= 0.6 is 0 Å². The van der Waals surface area contributed by atoms with E-state index in [0.717, 1.165) is 5.56 Å². The number of hydrogen-bond donors (Lipinski definition) is 2. The minimum Gasteiger partial charge on any atom is -0.481 e. The number of carboxylic acids is 2. The van der Waals surface area contributed by atoms with E-state index >= 15 is 0 Å². The lowest BCUT2D eigenvalue weighted by atomic mass is 9.97. The van der Waals surface area contributed by atoms with Crippen LogP contribution in [-0.4, -0.2) is 27.1 Å². The normalized spacial score (nSPS) is 10.4. The molecule has 0 fully saturated rings. The predicted octanol–water partition coefficient (Wildman–Crippen LogP) is 1.62. The van der Waals surface area contributed by atoms with Gasteiger partial charge < -0.3 is 10.2 Å². The van der Waals surface area contributed by atoms with Crippen LogP contribution in [0.5, 0.6) is 0 Å². The van der Waals surface area contributed by atoms with Crippen molar-refractivity contribution in [3.63, 3.8) is 0 Å². The summed E-state index contributed by atoms with van der Waals surface area (Å²) < 4.78 is 0. The van der Waals surface area contributed by atoms with Gasteiger partial charge in [-0.1, -0.05) is 11.6 Å². The lowest BCUT2D eigenvalue weighted by Gasteiger charge is -2.08. The molecule has 0 heterocycles. The number of nitro benzene ring substituents is 1. The second kappa shape index (κ2) is 5.94. The van der Waals surface area contributed by atoms with Gasteiger partial charge in [0.1, 0.15) is 0 Å². The monoisotopic (exact) mass is 267 g/mol. The molecule has 0 radical (unpaired) electrons. The smallest absolute Gasteiger partial charge is 0.317 e. The molecule has 102 valence electrons. The van der Waals surface area contributed by atoms with Crippen molar-refractivity contribution < 1.29 is 24.7 Å². The quantitative estimate of drug-likeness (QED) is 0.459. The number of aliphatic carboxylic acids is 2. The fourth-order valence-corrected chi connectivity index (χ4v) is 1.75. The summed E-state index contributed by atoms with van der Waals surface area (Å²) in [6, 6.07) is 4.48. The molecule has 0 atom stereocenters. The summed E-state index contributed by atoms with van der Waals surface area (Å²) in [6.45, 7) is 1.75. The van der Waals surface area contributed by atoms with Gasteiger partial charge in [0, 0.05) is 11.6 Å². The SMILES string of the molecule is Cc1ccc([N+](=O)[O-])c(CCC(C(=O)O)C(=O)O)c1. The molecule has 0 amide bonds. The second-order valence-corrected chi connectivity index (χ2v) is 4.16. The zero-order valence-corrected chi connectivity index (χ0v) is 10.2.